The molecule has 156 valence electrons. The Hall–Kier alpha value is -0.0900. The van der Waals surface area contributed by atoms with Crippen LogP contribution in [0.1, 0.15) is 48.0 Å². The fourth-order valence-electron chi connectivity index (χ4n) is 3.02. The maximum Gasteiger partial charge on any atom is 0.193 e. The molecule has 1 rings (SSSR count). The number of hydrogen-bond acceptors (Lipinski definition) is 4. The fraction of sp³-hybridized carbons (Fsp3) is 0.944. The number of rotatable bonds is 8. The van der Waals surface area contributed by atoms with Gasteiger partial charge >= 0.3 is 0 Å². The first-order valence-electron chi connectivity index (χ1n) is 9.62. The zero-order valence-corrected chi connectivity index (χ0v) is 20.6. The molecule has 0 aromatic heterocycles. The van der Waals surface area contributed by atoms with Crippen molar-refractivity contribution >= 4 is 39.8 Å². The summed E-state index contributed by atoms with van der Waals surface area (Å²) in [5.41, 5.74) is 0. The number of hydrogen-bond donors (Lipinski definition) is 1. The Labute approximate surface area is 178 Å². The van der Waals surface area contributed by atoms with Crippen molar-refractivity contribution < 1.29 is 8.42 Å². The van der Waals surface area contributed by atoms with Crippen LogP contribution in [0.4, 0.5) is 0 Å². The van der Waals surface area contributed by atoms with Gasteiger partial charge in [0.2, 0.25) is 0 Å². The third kappa shape index (κ3) is 7.88. The van der Waals surface area contributed by atoms with Crippen molar-refractivity contribution in [1.82, 2.24) is 15.1 Å². The lowest BCUT2D eigenvalue weighted by Crippen LogP contribution is -2.41. The molecule has 8 heteroatoms. The van der Waals surface area contributed by atoms with Gasteiger partial charge in [-0.05, 0) is 53.1 Å². The van der Waals surface area contributed by atoms with Crippen LogP contribution in [0.2, 0.25) is 0 Å². The van der Waals surface area contributed by atoms with Gasteiger partial charge in [-0.2, -0.15) is 0 Å². The van der Waals surface area contributed by atoms with Crippen LogP contribution in [-0.2, 0) is 9.84 Å². The van der Waals surface area contributed by atoms with Crippen LogP contribution >= 0.6 is 24.0 Å². The Morgan fingerprint density at radius 2 is 1.85 bits per heavy atom. The summed E-state index contributed by atoms with van der Waals surface area (Å²) in [6, 6.07) is 0. The average Bonchev–Trinajstić information content (AvgIpc) is 2.99. The highest BCUT2D eigenvalue weighted by molar-refractivity contribution is 14.0. The summed E-state index contributed by atoms with van der Waals surface area (Å²) in [5.74, 6) is 1.61. The van der Waals surface area contributed by atoms with Crippen LogP contribution in [0.5, 0.6) is 0 Å². The van der Waals surface area contributed by atoms with Crippen molar-refractivity contribution in [3.05, 3.63) is 0 Å². The first-order valence-corrected chi connectivity index (χ1v) is 11.3. The fourth-order valence-corrected chi connectivity index (χ4v) is 3.97. The molecule has 0 saturated carbocycles. The van der Waals surface area contributed by atoms with E-state index in [1.165, 1.54) is 6.42 Å². The molecule has 1 fully saturated rings. The number of aliphatic imine (C=N–C) groups is 1. The van der Waals surface area contributed by atoms with Gasteiger partial charge in [0, 0.05) is 26.2 Å². The lowest BCUT2D eigenvalue weighted by atomic mass is 10.1. The topological polar surface area (TPSA) is 65.0 Å². The molecule has 0 spiro atoms. The highest BCUT2D eigenvalue weighted by atomic mass is 127. The second-order valence-corrected chi connectivity index (χ2v) is 10.6. The largest absolute Gasteiger partial charge is 0.357 e. The van der Waals surface area contributed by atoms with Gasteiger partial charge < -0.3 is 15.1 Å². The summed E-state index contributed by atoms with van der Waals surface area (Å²) < 4.78 is 23.8. The lowest BCUT2D eigenvalue weighted by molar-refractivity contribution is 0.255. The molecule has 1 aliphatic heterocycles. The minimum absolute atomic E-state index is 0. The number of halogens is 1. The van der Waals surface area contributed by atoms with E-state index in [1.54, 1.807) is 20.8 Å². The molecule has 0 bridgehead atoms. The smallest absolute Gasteiger partial charge is 0.193 e. The molecule has 0 aliphatic carbocycles. The van der Waals surface area contributed by atoms with E-state index in [0.717, 1.165) is 45.2 Å². The van der Waals surface area contributed by atoms with E-state index in [2.05, 4.69) is 34.0 Å². The molecule has 0 aromatic rings. The highest BCUT2D eigenvalue weighted by Crippen LogP contribution is 2.18. The van der Waals surface area contributed by atoms with Gasteiger partial charge in [-0.1, -0.05) is 13.8 Å². The molecule has 6 nitrogen and oxygen atoms in total. The van der Waals surface area contributed by atoms with Gasteiger partial charge in [-0.15, -0.1) is 24.0 Å². The van der Waals surface area contributed by atoms with Crippen LogP contribution in [0.25, 0.3) is 0 Å². The van der Waals surface area contributed by atoms with Gasteiger partial charge in [-0.3, -0.25) is 4.99 Å². The summed E-state index contributed by atoms with van der Waals surface area (Å²) >= 11 is 0. The number of guanidine groups is 1. The molecule has 1 N–H and O–H groups in total. The average molecular weight is 503 g/mol. The monoisotopic (exact) mass is 502 g/mol. The Kier molecular flexibility index (Phi) is 11.6. The predicted octanol–water partition coefficient (Wildman–Crippen LogP) is 2.45. The van der Waals surface area contributed by atoms with Crippen LogP contribution in [-0.4, -0.2) is 80.5 Å². The van der Waals surface area contributed by atoms with E-state index in [-0.39, 0.29) is 29.7 Å². The van der Waals surface area contributed by atoms with Crippen LogP contribution in [0.15, 0.2) is 4.99 Å². The Morgan fingerprint density at radius 3 is 2.35 bits per heavy atom. The van der Waals surface area contributed by atoms with E-state index in [4.69, 9.17) is 0 Å². The summed E-state index contributed by atoms with van der Waals surface area (Å²) in [6.45, 7) is 18.1. The molecule has 1 saturated heterocycles. The van der Waals surface area contributed by atoms with Gasteiger partial charge in [0.15, 0.2) is 15.8 Å². The predicted molar refractivity (Wildman–Crippen MR) is 122 cm³/mol. The second-order valence-electron chi connectivity index (χ2n) is 7.75. The van der Waals surface area contributed by atoms with Crippen LogP contribution in [0, 0.1) is 5.92 Å². The number of sulfone groups is 1. The summed E-state index contributed by atoms with van der Waals surface area (Å²) in [4.78, 5) is 9.33. The zero-order valence-electron chi connectivity index (χ0n) is 17.4. The molecule has 1 unspecified atom stereocenters. The molecule has 26 heavy (non-hydrogen) atoms. The minimum atomic E-state index is -3.13. The van der Waals surface area contributed by atoms with Crippen molar-refractivity contribution in [1.29, 1.82) is 0 Å². The van der Waals surface area contributed by atoms with E-state index < -0.39 is 14.6 Å². The molecule has 1 atom stereocenters. The number of likely N-dealkylation sites (tertiary alicyclic amines) is 1. The lowest BCUT2D eigenvalue weighted by Gasteiger charge is -2.24. The Balaban J connectivity index is 0.00000625. The third-order valence-corrected chi connectivity index (χ3v) is 7.47. The molecular formula is C18H39IN4O2S. The maximum absolute atomic E-state index is 12.2. The molecule has 0 aromatic carbocycles. The van der Waals surface area contributed by atoms with Crippen LogP contribution < -0.4 is 5.32 Å². The SMILES string of the molecule is CCNC(=NCCS(=O)(=O)C(C)(C)C)N1CCC(CN(CC)CC)C1.I. The second kappa shape index (κ2) is 11.7. The van der Waals surface area contributed by atoms with Crippen molar-refractivity contribution in [3.63, 3.8) is 0 Å². The summed E-state index contributed by atoms with van der Waals surface area (Å²) in [7, 11) is -3.13. The maximum atomic E-state index is 12.2. The van der Waals surface area contributed by atoms with Gasteiger partial charge in [0.25, 0.3) is 0 Å². The first kappa shape index (κ1) is 25.9. The van der Waals surface area contributed by atoms with Gasteiger partial charge in [0.05, 0.1) is 17.0 Å². The normalized spacial score (nSPS) is 19.0. The van der Waals surface area contributed by atoms with Crippen molar-refractivity contribution in [2.75, 3.05) is 51.6 Å². The zero-order chi connectivity index (χ0) is 19.1. The van der Waals surface area contributed by atoms with E-state index >= 15 is 0 Å². The quantitative estimate of drug-likeness (QED) is 0.314. The molecule has 0 radical (unpaired) electrons. The van der Waals surface area contributed by atoms with E-state index in [1.807, 2.05) is 6.92 Å². The highest BCUT2D eigenvalue weighted by Gasteiger charge is 2.29. The van der Waals surface area contributed by atoms with Crippen molar-refractivity contribution in [2.45, 2.75) is 52.7 Å². The van der Waals surface area contributed by atoms with E-state index in [0.29, 0.717) is 12.5 Å². The summed E-state index contributed by atoms with van der Waals surface area (Å²) in [6.07, 6.45) is 1.17. The van der Waals surface area contributed by atoms with Gasteiger partial charge in [-0.25, -0.2) is 8.42 Å². The van der Waals surface area contributed by atoms with Crippen molar-refractivity contribution in [2.24, 2.45) is 10.9 Å². The number of nitrogens with zero attached hydrogens (tertiary/aromatic N) is 3. The Morgan fingerprint density at radius 1 is 1.23 bits per heavy atom. The third-order valence-electron chi connectivity index (χ3n) is 4.89. The number of nitrogens with one attached hydrogen (secondary N) is 1. The standard InChI is InChI=1S/C18H38N4O2S.HI/c1-7-19-17(20-11-13-25(23,24)18(4,5)6)22-12-10-16(15-22)14-21(8-2)9-3;/h16H,7-15H2,1-6H3,(H,19,20);1H. The van der Waals surface area contributed by atoms with Crippen molar-refractivity contribution in [3.8, 4) is 0 Å². The molecule has 0 amide bonds. The van der Waals surface area contributed by atoms with Crippen LogP contribution in [0.3, 0.4) is 0 Å². The first-order chi connectivity index (χ1) is 11.6. The molecular weight excluding hydrogens is 463 g/mol. The Bertz CT molecular complexity index is 528. The molecule has 1 heterocycles. The van der Waals surface area contributed by atoms with E-state index in [9.17, 15) is 8.42 Å². The van der Waals surface area contributed by atoms with Gasteiger partial charge in [0.1, 0.15) is 0 Å². The molecule has 1 aliphatic rings. The summed E-state index contributed by atoms with van der Waals surface area (Å²) in [5, 5.41) is 3.32. The minimum Gasteiger partial charge on any atom is -0.357 e.